The Bertz CT molecular complexity index is 753. The van der Waals surface area contributed by atoms with Gasteiger partial charge >= 0.3 is 0 Å². The topological polar surface area (TPSA) is 107 Å². The fourth-order valence-electron chi connectivity index (χ4n) is 1.85. The Labute approximate surface area is 119 Å². The van der Waals surface area contributed by atoms with E-state index in [1.165, 1.54) is 29.1 Å². The molecule has 0 unspecified atom stereocenters. The largest absolute Gasteiger partial charge is 0.355 e. The molecule has 0 fully saturated rings. The number of non-ortho nitro benzene ring substituents is 1. The van der Waals surface area contributed by atoms with Gasteiger partial charge in [0.05, 0.1) is 22.2 Å². The summed E-state index contributed by atoms with van der Waals surface area (Å²) in [7, 11) is 0. The number of amides is 1. The molecule has 8 nitrogen and oxygen atoms in total. The number of nitro benzene ring substituents is 1. The van der Waals surface area contributed by atoms with Gasteiger partial charge in [0.1, 0.15) is 6.54 Å². The van der Waals surface area contributed by atoms with Crippen molar-refractivity contribution in [3.05, 3.63) is 45.0 Å². The van der Waals surface area contributed by atoms with Crippen molar-refractivity contribution in [1.29, 1.82) is 0 Å². The summed E-state index contributed by atoms with van der Waals surface area (Å²) < 4.78 is 1.18. The summed E-state index contributed by atoms with van der Waals surface area (Å²) >= 11 is 0. The van der Waals surface area contributed by atoms with E-state index in [9.17, 15) is 19.7 Å². The van der Waals surface area contributed by atoms with Crippen LogP contribution in [-0.4, -0.2) is 26.9 Å². The van der Waals surface area contributed by atoms with Gasteiger partial charge in [-0.15, -0.1) is 0 Å². The molecule has 1 aromatic heterocycles. The molecule has 0 saturated carbocycles. The van der Waals surface area contributed by atoms with Crippen LogP contribution in [0.25, 0.3) is 10.9 Å². The number of carbonyl (C=O) groups is 1. The van der Waals surface area contributed by atoms with E-state index < -0.39 is 10.5 Å². The van der Waals surface area contributed by atoms with E-state index in [1.54, 1.807) is 0 Å². The minimum Gasteiger partial charge on any atom is -0.355 e. The van der Waals surface area contributed by atoms with Crippen LogP contribution in [0.1, 0.15) is 13.3 Å². The molecule has 2 rings (SSSR count). The third kappa shape index (κ3) is 3.22. The fourth-order valence-corrected chi connectivity index (χ4v) is 1.85. The zero-order valence-corrected chi connectivity index (χ0v) is 11.4. The molecule has 0 aliphatic carbocycles. The van der Waals surface area contributed by atoms with Gasteiger partial charge in [0.2, 0.25) is 5.91 Å². The average Bonchev–Trinajstić information content (AvgIpc) is 2.47. The molecular formula is C13H14N4O4. The molecule has 0 aliphatic rings. The number of rotatable bonds is 5. The summed E-state index contributed by atoms with van der Waals surface area (Å²) in [4.78, 5) is 37.9. The Hall–Kier alpha value is -2.77. The standard InChI is InChI=1S/C13H14N4O4/c1-2-5-14-12(18)7-16-8-15-11-6-9(17(20)21)3-4-10(11)13(16)19/h3-4,6,8H,2,5,7H2,1H3,(H,14,18). The SMILES string of the molecule is CCCNC(=O)Cn1cnc2cc([N+](=O)[O-])ccc2c1=O. The van der Waals surface area contributed by atoms with Crippen LogP contribution in [0.5, 0.6) is 0 Å². The van der Waals surface area contributed by atoms with Crippen LogP contribution in [0.3, 0.4) is 0 Å². The lowest BCUT2D eigenvalue weighted by Gasteiger charge is -2.07. The molecule has 1 amide bonds. The first-order valence-corrected chi connectivity index (χ1v) is 6.43. The predicted octanol–water partition coefficient (Wildman–Crippen LogP) is 0.831. The molecule has 2 aromatic rings. The normalized spacial score (nSPS) is 10.5. The van der Waals surface area contributed by atoms with E-state index in [0.717, 1.165) is 6.42 Å². The number of nitrogens with zero attached hydrogens (tertiary/aromatic N) is 3. The van der Waals surface area contributed by atoms with Crippen LogP contribution in [0, 0.1) is 10.1 Å². The second-order valence-electron chi connectivity index (χ2n) is 4.49. The molecule has 110 valence electrons. The summed E-state index contributed by atoms with van der Waals surface area (Å²) in [6.07, 6.45) is 2.03. The highest BCUT2D eigenvalue weighted by Crippen LogP contribution is 2.16. The Kier molecular flexibility index (Phi) is 4.27. The molecule has 1 N–H and O–H groups in total. The zero-order chi connectivity index (χ0) is 15.4. The van der Waals surface area contributed by atoms with E-state index in [0.29, 0.717) is 6.54 Å². The van der Waals surface area contributed by atoms with Crippen LogP contribution in [0.2, 0.25) is 0 Å². The maximum Gasteiger partial charge on any atom is 0.271 e. The summed E-state index contributed by atoms with van der Waals surface area (Å²) in [5, 5.41) is 13.6. The first-order valence-electron chi connectivity index (χ1n) is 6.43. The molecule has 1 aromatic carbocycles. The minimum absolute atomic E-state index is 0.126. The highest BCUT2D eigenvalue weighted by molar-refractivity contribution is 5.80. The molecular weight excluding hydrogens is 276 g/mol. The molecule has 21 heavy (non-hydrogen) atoms. The van der Waals surface area contributed by atoms with Gasteiger partial charge < -0.3 is 5.32 Å². The van der Waals surface area contributed by atoms with Crippen molar-refractivity contribution < 1.29 is 9.72 Å². The maximum atomic E-state index is 12.2. The van der Waals surface area contributed by atoms with Crippen LogP contribution in [0.15, 0.2) is 29.3 Å². The van der Waals surface area contributed by atoms with Gasteiger partial charge in [-0.25, -0.2) is 4.98 Å². The molecule has 0 spiro atoms. The first kappa shape index (κ1) is 14.6. The summed E-state index contributed by atoms with van der Waals surface area (Å²) in [5.41, 5.74) is -0.297. The van der Waals surface area contributed by atoms with Crippen molar-refractivity contribution in [2.24, 2.45) is 0 Å². The van der Waals surface area contributed by atoms with Gasteiger partial charge in [0.25, 0.3) is 11.2 Å². The molecule has 8 heteroatoms. The number of hydrogen-bond acceptors (Lipinski definition) is 5. The second kappa shape index (κ2) is 6.12. The van der Waals surface area contributed by atoms with Gasteiger partial charge in [-0.3, -0.25) is 24.3 Å². The first-order chi connectivity index (χ1) is 10.0. The number of nitrogens with one attached hydrogen (secondary N) is 1. The van der Waals surface area contributed by atoms with Gasteiger partial charge in [0.15, 0.2) is 0 Å². The number of hydrogen-bond donors (Lipinski definition) is 1. The van der Waals surface area contributed by atoms with Crippen molar-refractivity contribution in [1.82, 2.24) is 14.9 Å². The van der Waals surface area contributed by atoms with E-state index >= 15 is 0 Å². The zero-order valence-electron chi connectivity index (χ0n) is 11.4. The lowest BCUT2D eigenvalue weighted by molar-refractivity contribution is -0.384. The Morgan fingerprint density at radius 3 is 2.90 bits per heavy atom. The Morgan fingerprint density at radius 2 is 2.24 bits per heavy atom. The lowest BCUT2D eigenvalue weighted by atomic mass is 10.2. The molecule has 0 aliphatic heterocycles. The van der Waals surface area contributed by atoms with Crippen molar-refractivity contribution in [2.45, 2.75) is 19.9 Å². The molecule has 0 saturated heterocycles. The van der Waals surface area contributed by atoms with Crippen LogP contribution in [-0.2, 0) is 11.3 Å². The highest BCUT2D eigenvalue weighted by atomic mass is 16.6. The number of fused-ring (bicyclic) bond motifs is 1. The number of benzene rings is 1. The van der Waals surface area contributed by atoms with Crippen molar-refractivity contribution in [3.8, 4) is 0 Å². The quantitative estimate of drug-likeness (QED) is 0.648. The summed E-state index contributed by atoms with van der Waals surface area (Å²) in [6, 6.07) is 3.83. The Balaban J connectivity index is 2.34. The number of nitro groups is 1. The van der Waals surface area contributed by atoms with Gasteiger partial charge in [0, 0.05) is 18.7 Å². The van der Waals surface area contributed by atoms with Crippen LogP contribution >= 0.6 is 0 Å². The average molecular weight is 290 g/mol. The number of aromatic nitrogens is 2. The van der Waals surface area contributed by atoms with E-state index in [-0.39, 0.29) is 29.0 Å². The second-order valence-corrected chi connectivity index (χ2v) is 4.49. The van der Waals surface area contributed by atoms with Crippen LogP contribution < -0.4 is 10.9 Å². The number of carbonyl (C=O) groups excluding carboxylic acids is 1. The van der Waals surface area contributed by atoms with Crippen molar-refractivity contribution in [2.75, 3.05) is 6.54 Å². The maximum absolute atomic E-state index is 12.2. The molecule has 0 atom stereocenters. The van der Waals surface area contributed by atoms with Gasteiger partial charge in [-0.2, -0.15) is 0 Å². The van der Waals surface area contributed by atoms with E-state index in [4.69, 9.17) is 0 Å². The third-order valence-corrected chi connectivity index (χ3v) is 2.91. The summed E-state index contributed by atoms with van der Waals surface area (Å²) in [6.45, 7) is 2.34. The highest BCUT2D eigenvalue weighted by Gasteiger charge is 2.11. The van der Waals surface area contributed by atoms with E-state index in [1.807, 2.05) is 6.92 Å². The fraction of sp³-hybridized carbons (Fsp3) is 0.308. The monoisotopic (exact) mass is 290 g/mol. The van der Waals surface area contributed by atoms with E-state index in [2.05, 4.69) is 10.3 Å². The minimum atomic E-state index is -0.551. The van der Waals surface area contributed by atoms with Crippen molar-refractivity contribution in [3.63, 3.8) is 0 Å². The molecule has 0 radical (unpaired) electrons. The third-order valence-electron chi connectivity index (χ3n) is 2.91. The van der Waals surface area contributed by atoms with Crippen LogP contribution in [0.4, 0.5) is 5.69 Å². The smallest absolute Gasteiger partial charge is 0.271 e. The molecule has 1 heterocycles. The lowest BCUT2D eigenvalue weighted by Crippen LogP contribution is -2.32. The molecule has 0 bridgehead atoms. The summed E-state index contributed by atoms with van der Waals surface area (Å²) in [5.74, 6) is -0.276. The van der Waals surface area contributed by atoms with Crippen molar-refractivity contribution >= 4 is 22.5 Å². The Morgan fingerprint density at radius 1 is 1.48 bits per heavy atom. The van der Waals surface area contributed by atoms with Gasteiger partial charge in [-0.1, -0.05) is 6.92 Å². The predicted molar refractivity (Wildman–Crippen MR) is 76.0 cm³/mol. The van der Waals surface area contributed by atoms with Gasteiger partial charge in [-0.05, 0) is 12.5 Å².